The number of ether oxygens (including phenoxy) is 1. The molecule has 1 N–H and O–H groups in total. The van der Waals surface area contributed by atoms with Gasteiger partial charge in [0.15, 0.2) is 0 Å². The molecular weight excluding hydrogens is 248 g/mol. The Morgan fingerprint density at radius 1 is 1.20 bits per heavy atom. The SMILES string of the molecule is Cc1c(O)c(CCC(C)C)c(C)c2c1CCC(C)(C)O2. The molecule has 1 aliphatic heterocycles. The number of fused-ring (bicyclic) bond motifs is 1. The highest BCUT2D eigenvalue weighted by molar-refractivity contribution is 5.58. The molecule has 0 aromatic heterocycles. The summed E-state index contributed by atoms with van der Waals surface area (Å²) in [5.74, 6) is 2.16. The summed E-state index contributed by atoms with van der Waals surface area (Å²) in [7, 11) is 0. The van der Waals surface area contributed by atoms with Crippen LogP contribution in [0.5, 0.6) is 11.5 Å². The van der Waals surface area contributed by atoms with Crippen LogP contribution in [0.2, 0.25) is 0 Å². The minimum Gasteiger partial charge on any atom is -0.507 e. The largest absolute Gasteiger partial charge is 0.507 e. The first-order chi connectivity index (χ1) is 9.23. The second kappa shape index (κ2) is 5.31. The average Bonchev–Trinajstić information content (AvgIpc) is 2.35. The Morgan fingerprint density at radius 3 is 2.45 bits per heavy atom. The van der Waals surface area contributed by atoms with E-state index in [9.17, 15) is 5.11 Å². The van der Waals surface area contributed by atoms with E-state index in [-0.39, 0.29) is 5.60 Å². The fraction of sp³-hybridized carbons (Fsp3) is 0.667. The van der Waals surface area contributed by atoms with Crippen LogP contribution < -0.4 is 4.74 Å². The molecule has 0 spiro atoms. The minimum absolute atomic E-state index is 0.101. The number of phenols is 1. The normalized spacial score (nSPS) is 16.9. The molecule has 0 atom stereocenters. The lowest BCUT2D eigenvalue weighted by atomic mass is 9.86. The standard InChI is InChI=1S/C18H28O2/c1-11(2)7-8-14-13(4)17-15(12(3)16(14)19)9-10-18(5,6)20-17/h11,19H,7-10H2,1-6H3. The van der Waals surface area contributed by atoms with Gasteiger partial charge >= 0.3 is 0 Å². The van der Waals surface area contributed by atoms with E-state index in [4.69, 9.17) is 4.74 Å². The summed E-state index contributed by atoms with van der Waals surface area (Å²) < 4.78 is 6.22. The van der Waals surface area contributed by atoms with Crippen molar-refractivity contribution in [3.63, 3.8) is 0 Å². The lowest BCUT2D eigenvalue weighted by Gasteiger charge is -2.35. The molecule has 2 heteroatoms. The van der Waals surface area contributed by atoms with Gasteiger partial charge in [0.25, 0.3) is 0 Å². The molecule has 0 saturated carbocycles. The van der Waals surface area contributed by atoms with Gasteiger partial charge in [-0.05, 0) is 70.4 Å². The Kier molecular flexibility index (Phi) is 4.04. The van der Waals surface area contributed by atoms with Crippen LogP contribution in [0.4, 0.5) is 0 Å². The number of rotatable bonds is 3. The molecule has 0 radical (unpaired) electrons. The predicted octanol–water partition coefficient (Wildman–Crippen LogP) is 4.70. The van der Waals surface area contributed by atoms with Crippen LogP contribution in [0, 0.1) is 19.8 Å². The summed E-state index contributed by atoms with van der Waals surface area (Å²) >= 11 is 0. The summed E-state index contributed by atoms with van der Waals surface area (Å²) in [6, 6.07) is 0. The Bertz CT molecular complexity index is 513. The van der Waals surface area contributed by atoms with E-state index in [1.54, 1.807) is 0 Å². The average molecular weight is 276 g/mol. The zero-order valence-corrected chi connectivity index (χ0v) is 13.8. The van der Waals surface area contributed by atoms with E-state index in [0.29, 0.717) is 11.7 Å². The van der Waals surface area contributed by atoms with Gasteiger partial charge in [0.1, 0.15) is 17.1 Å². The first kappa shape index (κ1) is 15.2. The van der Waals surface area contributed by atoms with Crippen molar-refractivity contribution >= 4 is 0 Å². The lowest BCUT2D eigenvalue weighted by Crippen LogP contribution is -2.33. The Morgan fingerprint density at radius 2 is 1.85 bits per heavy atom. The second-order valence-electron chi connectivity index (χ2n) is 7.18. The summed E-state index contributed by atoms with van der Waals surface area (Å²) in [6.07, 6.45) is 4.02. The molecule has 1 heterocycles. The van der Waals surface area contributed by atoms with Gasteiger partial charge in [0.2, 0.25) is 0 Å². The van der Waals surface area contributed by atoms with Crippen molar-refractivity contribution in [1.29, 1.82) is 0 Å². The van der Waals surface area contributed by atoms with Crippen LogP contribution in [0.3, 0.4) is 0 Å². The third-order valence-corrected chi connectivity index (χ3v) is 4.49. The molecule has 1 aromatic carbocycles. The zero-order chi connectivity index (χ0) is 15.1. The van der Waals surface area contributed by atoms with Gasteiger partial charge in [-0.1, -0.05) is 13.8 Å². The minimum atomic E-state index is -0.101. The number of phenolic OH excluding ortho intramolecular Hbond substituents is 1. The third-order valence-electron chi connectivity index (χ3n) is 4.49. The predicted molar refractivity (Wildman–Crippen MR) is 83.8 cm³/mol. The lowest BCUT2D eigenvalue weighted by molar-refractivity contribution is 0.0831. The molecule has 0 amide bonds. The van der Waals surface area contributed by atoms with Gasteiger partial charge in [0.05, 0.1) is 0 Å². The van der Waals surface area contributed by atoms with Gasteiger partial charge in [-0.2, -0.15) is 0 Å². The monoisotopic (exact) mass is 276 g/mol. The van der Waals surface area contributed by atoms with E-state index in [1.165, 1.54) is 5.56 Å². The van der Waals surface area contributed by atoms with E-state index in [2.05, 4.69) is 34.6 Å². The maximum Gasteiger partial charge on any atom is 0.127 e. The molecule has 2 nitrogen and oxygen atoms in total. The topological polar surface area (TPSA) is 29.5 Å². The number of benzene rings is 1. The molecule has 0 fully saturated rings. The van der Waals surface area contributed by atoms with Crippen LogP contribution in [-0.4, -0.2) is 10.7 Å². The number of aromatic hydroxyl groups is 1. The third kappa shape index (κ3) is 2.79. The molecule has 0 saturated heterocycles. The van der Waals surface area contributed by atoms with Crippen molar-refractivity contribution in [3.05, 3.63) is 22.3 Å². The van der Waals surface area contributed by atoms with Crippen LogP contribution in [0.1, 0.15) is 62.8 Å². The fourth-order valence-corrected chi connectivity index (χ4v) is 3.01. The van der Waals surface area contributed by atoms with Gasteiger partial charge in [-0.25, -0.2) is 0 Å². The maximum atomic E-state index is 10.5. The molecule has 2 rings (SSSR count). The van der Waals surface area contributed by atoms with Gasteiger partial charge in [-0.15, -0.1) is 0 Å². The quantitative estimate of drug-likeness (QED) is 0.867. The van der Waals surface area contributed by atoms with Gasteiger partial charge < -0.3 is 9.84 Å². The zero-order valence-electron chi connectivity index (χ0n) is 13.8. The fourth-order valence-electron chi connectivity index (χ4n) is 3.01. The highest BCUT2D eigenvalue weighted by atomic mass is 16.5. The van der Waals surface area contributed by atoms with Crippen LogP contribution in [-0.2, 0) is 12.8 Å². The highest BCUT2D eigenvalue weighted by Crippen LogP contribution is 2.43. The first-order valence-electron chi connectivity index (χ1n) is 7.76. The van der Waals surface area contributed by atoms with Crippen molar-refractivity contribution in [2.24, 2.45) is 5.92 Å². The van der Waals surface area contributed by atoms with Crippen molar-refractivity contribution in [2.75, 3.05) is 0 Å². The second-order valence-corrected chi connectivity index (χ2v) is 7.18. The van der Waals surface area contributed by atoms with E-state index in [1.807, 2.05) is 6.92 Å². The smallest absolute Gasteiger partial charge is 0.127 e. The van der Waals surface area contributed by atoms with Crippen molar-refractivity contribution in [2.45, 2.75) is 72.8 Å². The summed E-state index contributed by atoms with van der Waals surface area (Å²) in [5, 5.41) is 10.5. The molecular formula is C18H28O2. The molecule has 0 unspecified atom stereocenters. The van der Waals surface area contributed by atoms with Crippen LogP contribution in [0.25, 0.3) is 0 Å². The first-order valence-corrected chi connectivity index (χ1v) is 7.76. The van der Waals surface area contributed by atoms with Crippen molar-refractivity contribution in [1.82, 2.24) is 0 Å². The molecule has 0 aliphatic carbocycles. The molecule has 112 valence electrons. The number of hydrogen-bond acceptors (Lipinski definition) is 2. The Hall–Kier alpha value is -1.18. The van der Waals surface area contributed by atoms with Crippen LogP contribution in [0.15, 0.2) is 0 Å². The number of hydrogen-bond donors (Lipinski definition) is 1. The molecule has 0 bridgehead atoms. The van der Waals surface area contributed by atoms with Gasteiger partial charge in [-0.3, -0.25) is 0 Å². The van der Waals surface area contributed by atoms with E-state index in [0.717, 1.165) is 48.1 Å². The molecule has 1 aromatic rings. The maximum absolute atomic E-state index is 10.5. The van der Waals surface area contributed by atoms with Crippen molar-refractivity contribution in [3.8, 4) is 11.5 Å². The highest BCUT2D eigenvalue weighted by Gasteiger charge is 2.31. The summed E-state index contributed by atoms with van der Waals surface area (Å²) in [6.45, 7) is 12.8. The summed E-state index contributed by atoms with van der Waals surface area (Å²) in [4.78, 5) is 0. The van der Waals surface area contributed by atoms with Crippen molar-refractivity contribution < 1.29 is 9.84 Å². The van der Waals surface area contributed by atoms with Gasteiger partial charge in [0, 0.05) is 11.1 Å². The van der Waals surface area contributed by atoms with E-state index >= 15 is 0 Å². The molecule has 1 aliphatic rings. The van der Waals surface area contributed by atoms with Crippen LogP contribution >= 0.6 is 0 Å². The molecule has 20 heavy (non-hydrogen) atoms. The van der Waals surface area contributed by atoms with E-state index < -0.39 is 0 Å². The summed E-state index contributed by atoms with van der Waals surface area (Å²) in [5.41, 5.74) is 4.33. The Balaban J connectivity index is 2.47. The Labute approximate surface area is 123 Å².